The Hall–Kier alpha value is -1.86. The molecule has 0 fully saturated rings. The van der Waals surface area contributed by atoms with Gasteiger partial charge in [0.2, 0.25) is 5.91 Å². The third kappa shape index (κ3) is 5.11. The van der Waals surface area contributed by atoms with E-state index in [1.54, 1.807) is 12.3 Å². The van der Waals surface area contributed by atoms with E-state index in [1.165, 1.54) is 6.07 Å². The van der Waals surface area contributed by atoms with Gasteiger partial charge in [-0.05, 0) is 70.9 Å². The van der Waals surface area contributed by atoms with Crippen molar-refractivity contribution in [2.75, 3.05) is 5.32 Å². The number of anilines is 1. The SMILES string of the molecule is CCCC(NC1CCc2cc(F)cc(F)c2C1)C(=O)Nc1ccc(Br)cn1. The second-order valence-corrected chi connectivity index (χ2v) is 7.74. The van der Waals surface area contributed by atoms with Gasteiger partial charge in [-0.1, -0.05) is 13.3 Å². The maximum atomic E-state index is 14.1. The van der Waals surface area contributed by atoms with Crippen LogP contribution in [0.3, 0.4) is 0 Å². The quantitative estimate of drug-likeness (QED) is 0.704. The first-order chi connectivity index (χ1) is 13.0. The van der Waals surface area contributed by atoms with Gasteiger partial charge in [0.15, 0.2) is 0 Å². The smallest absolute Gasteiger partial charge is 0.242 e. The molecule has 144 valence electrons. The average molecular weight is 438 g/mol. The molecule has 0 radical (unpaired) electrons. The van der Waals surface area contributed by atoms with Gasteiger partial charge in [-0.3, -0.25) is 4.79 Å². The topological polar surface area (TPSA) is 54.0 Å². The summed E-state index contributed by atoms with van der Waals surface area (Å²) in [5, 5.41) is 6.19. The molecule has 1 amide bonds. The molecule has 0 spiro atoms. The highest BCUT2D eigenvalue weighted by Crippen LogP contribution is 2.26. The van der Waals surface area contributed by atoms with E-state index in [9.17, 15) is 13.6 Å². The number of hydrogen-bond acceptors (Lipinski definition) is 3. The Morgan fingerprint density at radius 3 is 2.89 bits per heavy atom. The summed E-state index contributed by atoms with van der Waals surface area (Å²) in [7, 11) is 0. The lowest BCUT2D eigenvalue weighted by Crippen LogP contribution is -2.48. The number of nitrogens with one attached hydrogen (secondary N) is 2. The predicted molar refractivity (Wildman–Crippen MR) is 105 cm³/mol. The summed E-state index contributed by atoms with van der Waals surface area (Å²) in [6.45, 7) is 2.01. The maximum Gasteiger partial charge on any atom is 0.242 e. The van der Waals surface area contributed by atoms with Crippen molar-refractivity contribution in [3.63, 3.8) is 0 Å². The lowest BCUT2D eigenvalue weighted by atomic mass is 9.87. The zero-order valence-electron chi connectivity index (χ0n) is 15.1. The number of carbonyl (C=O) groups excluding carboxylic acids is 1. The highest BCUT2D eigenvalue weighted by Gasteiger charge is 2.27. The van der Waals surface area contributed by atoms with Crippen molar-refractivity contribution >= 4 is 27.7 Å². The fraction of sp³-hybridized carbons (Fsp3) is 0.400. The first-order valence-electron chi connectivity index (χ1n) is 9.11. The molecule has 0 saturated heterocycles. The number of rotatable bonds is 6. The minimum Gasteiger partial charge on any atom is -0.309 e. The summed E-state index contributed by atoms with van der Waals surface area (Å²) in [6, 6.07) is 5.45. The van der Waals surface area contributed by atoms with Gasteiger partial charge in [0.1, 0.15) is 17.5 Å². The number of aromatic nitrogens is 1. The third-order valence-electron chi connectivity index (χ3n) is 4.77. The Balaban J connectivity index is 1.67. The number of amides is 1. The van der Waals surface area contributed by atoms with Crippen LogP contribution in [0.2, 0.25) is 0 Å². The molecule has 2 unspecified atom stereocenters. The summed E-state index contributed by atoms with van der Waals surface area (Å²) in [6.07, 6.45) is 4.90. The monoisotopic (exact) mass is 437 g/mol. The summed E-state index contributed by atoms with van der Waals surface area (Å²) < 4.78 is 28.3. The van der Waals surface area contributed by atoms with Crippen LogP contribution in [0.5, 0.6) is 0 Å². The van der Waals surface area contributed by atoms with Crippen LogP contribution in [0, 0.1) is 11.6 Å². The van der Waals surface area contributed by atoms with E-state index < -0.39 is 17.7 Å². The van der Waals surface area contributed by atoms with Crippen LogP contribution >= 0.6 is 15.9 Å². The number of halogens is 3. The maximum absolute atomic E-state index is 14.1. The first-order valence-corrected chi connectivity index (χ1v) is 9.90. The van der Waals surface area contributed by atoms with E-state index in [-0.39, 0.29) is 11.9 Å². The van der Waals surface area contributed by atoms with Crippen LogP contribution in [0.15, 0.2) is 34.9 Å². The van der Waals surface area contributed by atoms with Gasteiger partial charge in [-0.25, -0.2) is 13.8 Å². The van der Waals surface area contributed by atoms with E-state index in [0.29, 0.717) is 30.6 Å². The second kappa shape index (κ2) is 8.89. The van der Waals surface area contributed by atoms with Crippen LogP contribution in [0.4, 0.5) is 14.6 Å². The fourth-order valence-electron chi connectivity index (χ4n) is 3.46. The molecule has 7 heteroatoms. The molecule has 2 atom stereocenters. The molecule has 27 heavy (non-hydrogen) atoms. The molecule has 2 N–H and O–H groups in total. The largest absolute Gasteiger partial charge is 0.309 e. The highest BCUT2D eigenvalue weighted by atomic mass is 79.9. The Morgan fingerprint density at radius 1 is 1.37 bits per heavy atom. The van der Waals surface area contributed by atoms with E-state index >= 15 is 0 Å². The standard InChI is InChI=1S/C20H22BrF2N3O/c1-2-3-18(20(27)26-19-7-5-13(21)11-24-19)25-15-6-4-12-8-14(22)9-17(23)16(12)10-15/h5,7-9,11,15,18,25H,2-4,6,10H2,1H3,(H,24,26,27). The van der Waals surface area contributed by atoms with Crippen molar-refractivity contribution < 1.29 is 13.6 Å². The van der Waals surface area contributed by atoms with Crippen LogP contribution < -0.4 is 10.6 Å². The lowest BCUT2D eigenvalue weighted by molar-refractivity contribution is -0.118. The summed E-state index contributed by atoms with van der Waals surface area (Å²) >= 11 is 3.31. The van der Waals surface area contributed by atoms with Crippen LogP contribution in [0.1, 0.15) is 37.3 Å². The molecule has 1 aliphatic rings. The molecular weight excluding hydrogens is 416 g/mol. The van der Waals surface area contributed by atoms with E-state index in [1.807, 2.05) is 13.0 Å². The van der Waals surface area contributed by atoms with Gasteiger partial charge < -0.3 is 10.6 Å². The Morgan fingerprint density at radius 2 is 2.19 bits per heavy atom. The number of hydrogen-bond donors (Lipinski definition) is 2. The number of benzene rings is 1. The Labute approximate surface area is 165 Å². The predicted octanol–water partition coefficient (Wildman–Crippen LogP) is 4.38. The lowest BCUT2D eigenvalue weighted by Gasteiger charge is -2.29. The van der Waals surface area contributed by atoms with Gasteiger partial charge in [-0.15, -0.1) is 0 Å². The van der Waals surface area contributed by atoms with Crippen molar-refractivity contribution in [1.29, 1.82) is 0 Å². The molecule has 1 heterocycles. The van der Waals surface area contributed by atoms with Crippen molar-refractivity contribution in [1.82, 2.24) is 10.3 Å². The van der Waals surface area contributed by atoms with Crippen molar-refractivity contribution in [2.45, 2.75) is 51.1 Å². The highest BCUT2D eigenvalue weighted by molar-refractivity contribution is 9.10. The zero-order chi connectivity index (χ0) is 19.4. The van der Waals surface area contributed by atoms with Gasteiger partial charge in [0.05, 0.1) is 6.04 Å². The van der Waals surface area contributed by atoms with Crippen molar-refractivity contribution in [2.24, 2.45) is 0 Å². The number of nitrogens with zero attached hydrogens (tertiary/aromatic N) is 1. The normalized spacial score (nSPS) is 17.3. The summed E-state index contributed by atoms with van der Waals surface area (Å²) in [5.41, 5.74) is 1.27. The summed E-state index contributed by atoms with van der Waals surface area (Å²) in [5.74, 6) is -0.714. The number of fused-ring (bicyclic) bond motifs is 1. The fourth-order valence-corrected chi connectivity index (χ4v) is 3.69. The molecule has 1 aromatic heterocycles. The molecule has 0 aliphatic heterocycles. The van der Waals surface area contributed by atoms with Gasteiger partial charge >= 0.3 is 0 Å². The number of pyridine rings is 1. The number of carbonyl (C=O) groups is 1. The van der Waals surface area contributed by atoms with Gasteiger partial charge in [0.25, 0.3) is 0 Å². The molecule has 2 aromatic rings. The minimum absolute atomic E-state index is 0.0300. The average Bonchev–Trinajstić information content (AvgIpc) is 2.63. The second-order valence-electron chi connectivity index (χ2n) is 6.82. The molecule has 3 rings (SSSR count). The third-order valence-corrected chi connectivity index (χ3v) is 5.24. The van der Waals surface area contributed by atoms with Crippen LogP contribution in [-0.4, -0.2) is 23.0 Å². The minimum atomic E-state index is -0.539. The van der Waals surface area contributed by atoms with E-state index in [2.05, 4.69) is 31.5 Å². The molecule has 4 nitrogen and oxygen atoms in total. The Bertz CT molecular complexity index is 814. The first kappa shape index (κ1) is 19.9. The van der Waals surface area contributed by atoms with Crippen molar-refractivity contribution in [3.05, 3.63) is 57.7 Å². The summed E-state index contributed by atoms with van der Waals surface area (Å²) in [4.78, 5) is 16.8. The van der Waals surface area contributed by atoms with Gasteiger partial charge in [0, 0.05) is 22.8 Å². The van der Waals surface area contributed by atoms with Gasteiger partial charge in [-0.2, -0.15) is 0 Å². The molecule has 1 aromatic carbocycles. The number of aryl methyl sites for hydroxylation is 1. The molecule has 0 saturated carbocycles. The zero-order valence-corrected chi connectivity index (χ0v) is 16.7. The van der Waals surface area contributed by atoms with Crippen molar-refractivity contribution in [3.8, 4) is 0 Å². The molecular formula is C20H22BrF2N3O. The van der Waals surface area contributed by atoms with E-state index in [4.69, 9.17) is 0 Å². The van der Waals surface area contributed by atoms with Crippen LogP contribution in [-0.2, 0) is 17.6 Å². The molecule has 1 aliphatic carbocycles. The Kier molecular flexibility index (Phi) is 6.55. The van der Waals surface area contributed by atoms with Crippen LogP contribution in [0.25, 0.3) is 0 Å². The molecule has 0 bridgehead atoms. The van der Waals surface area contributed by atoms with E-state index in [0.717, 1.165) is 28.9 Å².